The highest BCUT2D eigenvalue weighted by atomic mass is 16.6. The van der Waals surface area contributed by atoms with E-state index < -0.39 is 10.5 Å². The monoisotopic (exact) mass is 343 g/mol. The molecule has 0 atom stereocenters. The average molecular weight is 343 g/mol. The van der Waals surface area contributed by atoms with Gasteiger partial charge in [0.05, 0.1) is 10.5 Å². The Balaban J connectivity index is 1.66. The SMILES string of the molecule is CC1(O)CCC(Nc2cc(Nc3cccc([N+](=O)[O-])c3)ncn2)CC1. The average Bonchev–Trinajstić information content (AvgIpc) is 2.57. The zero-order valence-corrected chi connectivity index (χ0v) is 14.0. The molecule has 2 aromatic rings. The Morgan fingerprint density at radius 2 is 1.96 bits per heavy atom. The van der Waals surface area contributed by atoms with Crippen LogP contribution in [0.5, 0.6) is 0 Å². The smallest absolute Gasteiger partial charge is 0.271 e. The second kappa shape index (κ2) is 7.02. The predicted molar refractivity (Wildman–Crippen MR) is 94.9 cm³/mol. The lowest BCUT2D eigenvalue weighted by Gasteiger charge is -2.33. The number of non-ortho nitro benzene ring substituents is 1. The fraction of sp³-hybridized carbons (Fsp3) is 0.412. The maximum Gasteiger partial charge on any atom is 0.271 e. The summed E-state index contributed by atoms with van der Waals surface area (Å²) in [6, 6.07) is 8.29. The summed E-state index contributed by atoms with van der Waals surface area (Å²) in [4.78, 5) is 18.8. The topological polar surface area (TPSA) is 113 Å². The summed E-state index contributed by atoms with van der Waals surface area (Å²) in [7, 11) is 0. The molecule has 1 aliphatic carbocycles. The van der Waals surface area contributed by atoms with Crippen LogP contribution in [0, 0.1) is 10.1 Å². The van der Waals surface area contributed by atoms with Gasteiger partial charge in [-0.2, -0.15) is 0 Å². The third-order valence-electron chi connectivity index (χ3n) is 4.41. The highest BCUT2D eigenvalue weighted by Crippen LogP contribution is 2.29. The first kappa shape index (κ1) is 17.1. The standard InChI is InChI=1S/C17H21N5O3/c1-17(23)7-5-12(6-8-17)20-15-10-16(19-11-18-15)21-13-3-2-4-14(9-13)22(24)25/h2-4,9-12,23H,5-8H2,1H3,(H2,18,19,20,21). The summed E-state index contributed by atoms with van der Waals surface area (Å²) < 4.78 is 0. The van der Waals surface area contributed by atoms with Crippen LogP contribution in [0.15, 0.2) is 36.7 Å². The summed E-state index contributed by atoms with van der Waals surface area (Å²) in [5.41, 5.74) is 0.0396. The first-order chi connectivity index (χ1) is 11.9. The van der Waals surface area contributed by atoms with E-state index in [9.17, 15) is 15.2 Å². The summed E-state index contributed by atoms with van der Waals surface area (Å²) in [5, 5.41) is 27.3. The Hall–Kier alpha value is -2.74. The van der Waals surface area contributed by atoms with Gasteiger partial charge in [-0.1, -0.05) is 6.07 Å². The van der Waals surface area contributed by atoms with E-state index >= 15 is 0 Å². The molecule has 1 saturated carbocycles. The van der Waals surface area contributed by atoms with Gasteiger partial charge >= 0.3 is 0 Å². The van der Waals surface area contributed by atoms with E-state index in [4.69, 9.17) is 0 Å². The maximum absolute atomic E-state index is 10.9. The van der Waals surface area contributed by atoms with Gasteiger partial charge in [-0.3, -0.25) is 10.1 Å². The second-order valence-electron chi connectivity index (χ2n) is 6.64. The van der Waals surface area contributed by atoms with Crippen LogP contribution in [-0.2, 0) is 0 Å². The normalized spacial score (nSPS) is 23.0. The number of nitrogens with zero attached hydrogens (tertiary/aromatic N) is 3. The Bertz CT molecular complexity index is 755. The summed E-state index contributed by atoms with van der Waals surface area (Å²) >= 11 is 0. The zero-order valence-electron chi connectivity index (χ0n) is 14.0. The minimum atomic E-state index is -0.571. The number of nitrogens with one attached hydrogen (secondary N) is 2. The van der Waals surface area contributed by atoms with Gasteiger partial charge in [-0.05, 0) is 38.7 Å². The van der Waals surface area contributed by atoms with Crippen molar-refractivity contribution in [2.75, 3.05) is 10.6 Å². The number of anilines is 3. The molecule has 0 aliphatic heterocycles. The lowest BCUT2D eigenvalue weighted by molar-refractivity contribution is -0.384. The molecular weight excluding hydrogens is 322 g/mol. The van der Waals surface area contributed by atoms with Crippen molar-refractivity contribution in [1.82, 2.24) is 9.97 Å². The van der Waals surface area contributed by atoms with Crippen LogP contribution in [0.4, 0.5) is 23.0 Å². The van der Waals surface area contributed by atoms with Crippen molar-refractivity contribution in [2.45, 2.75) is 44.2 Å². The van der Waals surface area contributed by atoms with Gasteiger partial charge in [0.1, 0.15) is 18.0 Å². The van der Waals surface area contributed by atoms with E-state index in [0.717, 1.165) is 25.7 Å². The van der Waals surface area contributed by atoms with Crippen molar-refractivity contribution in [3.63, 3.8) is 0 Å². The van der Waals surface area contributed by atoms with Crippen molar-refractivity contribution in [3.05, 3.63) is 46.8 Å². The zero-order chi connectivity index (χ0) is 17.9. The Kier molecular flexibility index (Phi) is 4.80. The van der Waals surface area contributed by atoms with E-state index in [2.05, 4.69) is 20.6 Å². The first-order valence-corrected chi connectivity index (χ1v) is 8.24. The fourth-order valence-electron chi connectivity index (χ4n) is 2.94. The van der Waals surface area contributed by atoms with E-state index in [0.29, 0.717) is 17.3 Å². The Morgan fingerprint density at radius 1 is 1.24 bits per heavy atom. The van der Waals surface area contributed by atoms with Gasteiger partial charge < -0.3 is 15.7 Å². The second-order valence-corrected chi connectivity index (χ2v) is 6.64. The van der Waals surface area contributed by atoms with Crippen molar-refractivity contribution in [3.8, 4) is 0 Å². The Morgan fingerprint density at radius 3 is 2.68 bits per heavy atom. The minimum Gasteiger partial charge on any atom is -0.390 e. The van der Waals surface area contributed by atoms with E-state index in [1.165, 1.54) is 18.5 Å². The minimum absolute atomic E-state index is 0.0201. The van der Waals surface area contributed by atoms with Gasteiger partial charge in [0.25, 0.3) is 5.69 Å². The molecule has 8 heteroatoms. The highest BCUT2D eigenvalue weighted by molar-refractivity contribution is 5.61. The lowest BCUT2D eigenvalue weighted by atomic mass is 9.84. The van der Waals surface area contributed by atoms with Gasteiger partial charge in [0.2, 0.25) is 0 Å². The molecule has 0 bridgehead atoms. The molecule has 25 heavy (non-hydrogen) atoms. The summed E-state index contributed by atoms with van der Waals surface area (Å²) in [5.74, 6) is 1.25. The van der Waals surface area contributed by atoms with Crippen LogP contribution < -0.4 is 10.6 Å². The highest BCUT2D eigenvalue weighted by Gasteiger charge is 2.28. The van der Waals surface area contributed by atoms with E-state index in [1.54, 1.807) is 18.2 Å². The first-order valence-electron chi connectivity index (χ1n) is 8.24. The van der Waals surface area contributed by atoms with Gasteiger partial charge in [0.15, 0.2) is 0 Å². The number of rotatable bonds is 5. The van der Waals surface area contributed by atoms with Crippen molar-refractivity contribution in [2.24, 2.45) is 0 Å². The number of nitro groups is 1. The van der Waals surface area contributed by atoms with Crippen molar-refractivity contribution in [1.29, 1.82) is 0 Å². The molecule has 1 aliphatic rings. The van der Waals surface area contributed by atoms with Gasteiger partial charge in [0, 0.05) is 29.9 Å². The molecule has 0 unspecified atom stereocenters. The van der Waals surface area contributed by atoms with E-state index in [1.807, 2.05) is 6.92 Å². The third kappa shape index (κ3) is 4.63. The molecule has 3 rings (SSSR count). The Labute approximate surface area is 145 Å². The molecule has 0 amide bonds. The number of hydrogen-bond acceptors (Lipinski definition) is 7. The maximum atomic E-state index is 10.9. The van der Waals surface area contributed by atoms with Crippen LogP contribution in [0.2, 0.25) is 0 Å². The summed E-state index contributed by atoms with van der Waals surface area (Å²) in [6.45, 7) is 1.87. The van der Waals surface area contributed by atoms with Gasteiger partial charge in [-0.15, -0.1) is 0 Å². The summed E-state index contributed by atoms with van der Waals surface area (Å²) in [6.07, 6.45) is 4.72. The fourth-order valence-corrected chi connectivity index (χ4v) is 2.94. The van der Waals surface area contributed by atoms with Crippen molar-refractivity contribution < 1.29 is 10.0 Å². The molecule has 0 radical (unpaired) electrons. The molecule has 8 nitrogen and oxygen atoms in total. The van der Waals surface area contributed by atoms with Crippen LogP contribution in [0.1, 0.15) is 32.6 Å². The third-order valence-corrected chi connectivity index (χ3v) is 4.41. The molecule has 1 heterocycles. The number of nitro benzene ring substituents is 1. The van der Waals surface area contributed by atoms with Crippen LogP contribution in [0.25, 0.3) is 0 Å². The molecule has 0 spiro atoms. The molecule has 0 saturated heterocycles. The largest absolute Gasteiger partial charge is 0.390 e. The predicted octanol–water partition coefficient (Wildman–Crippen LogP) is 3.23. The van der Waals surface area contributed by atoms with Crippen LogP contribution in [0.3, 0.4) is 0 Å². The number of aromatic nitrogens is 2. The number of hydrogen-bond donors (Lipinski definition) is 3. The van der Waals surface area contributed by atoms with Gasteiger partial charge in [-0.25, -0.2) is 9.97 Å². The quantitative estimate of drug-likeness (QED) is 0.564. The molecular formula is C17H21N5O3. The van der Waals surface area contributed by atoms with Crippen LogP contribution in [-0.4, -0.2) is 31.6 Å². The number of benzene rings is 1. The molecule has 1 fully saturated rings. The van der Waals surface area contributed by atoms with E-state index in [-0.39, 0.29) is 11.7 Å². The van der Waals surface area contributed by atoms with Crippen molar-refractivity contribution >= 4 is 23.0 Å². The number of aliphatic hydroxyl groups is 1. The van der Waals surface area contributed by atoms with Crippen LogP contribution >= 0.6 is 0 Å². The molecule has 1 aromatic heterocycles. The molecule has 1 aromatic carbocycles. The molecule has 3 N–H and O–H groups in total. The molecule has 132 valence electrons. The lowest BCUT2D eigenvalue weighted by Crippen LogP contribution is -2.35.